The van der Waals surface area contributed by atoms with Gasteiger partial charge in [0.1, 0.15) is 12.6 Å². The van der Waals surface area contributed by atoms with Crippen LogP contribution in [-0.2, 0) is 9.59 Å². The Labute approximate surface area is 115 Å². The van der Waals surface area contributed by atoms with Crippen molar-refractivity contribution in [2.75, 3.05) is 0 Å². The summed E-state index contributed by atoms with van der Waals surface area (Å²) in [5.74, 6) is -0.783. The van der Waals surface area contributed by atoms with E-state index >= 15 is 0 Å². The number of rotatable bonds is 3. The van der Waals surface area contributed by atoms with Gasteiger partial charge in [0, 0.05) is 5.92 Å². The van der Waals surface area contributed by atoms with Crippen molar-refractivity contribution in [3.8, 4) is 0 Å². The van der Waals surface area contributed by atoms with Crippen molar-refractivity contribution < 1.29 is 14.2 Å². The van der Waals surface area contributed by atoms with E-state index < -0.39 is 0 Å². The first-order chi connectivity index (χ1) is 8.57. The summed E-state index contributed by atoms with van der Waals surface area (Å²) >= 11 is 0. The second kappa shape index (κ2) is 5.91. The van der Waals surface area contributed by atoms with Crippen LogP contribution in [0.5, 0.6) is 0 Å². The lowest BCUT2D eigenvalue weighted by atomic mass is 9.78. The van der Waals surface area contributed by atoms with Crippen LogP contribution < -0.4 is 0 Å². The maximum atomic E-state index is 12.1. The van der Waals surface area contributed by atoms with Gasteiger partial charge in [0.25, 0.3) is 0 Å². The van der Waals surface area contributed by atoms with Crippen LogP contribution in [0.1, 0.15) is 31.7 Å². The standard InChI is InChI=1S/C15H18NO2.CH3/c1-4-12(11-8-6-5-7-9-11)13-10(2)14(17)16(3)15(13)18;/h5-10,12-13H,3-4H2,1-2H3;1H3/q+1;-1. The number of hydrogen-bond acceptors (Lipinski definition) is 2. The second-order valence-electron chi connectivity index (χ2n) is 4.84. The van der Waals surface area contributed by atoms with E-state index in [0.717, 1.165) is 16.6 Å². The van der Waals surface area contributed by atoms with Crippen molar-refractivity contribution in [3.63, 3.8) is 0 Å². The minimum atomic E-state index is -0.278. The van der Waals surface area contributed by atoms with E-state index in [1.807, 2.05) is 44.2 Å². The van der Waals surface area contributed by atoms with E-state index in [4.69, 9.17) is 0 Å². The van der Waals surface area contributed by atoms with Crippen LogP contribution in [0.15, 0.2) is 30.3 Å². The number of hydrogen-bond donors (Lipinski definition) is 0. The molecule has 0 N–H and O–H groups in total. The number of carbonyl (C=O) groups excluding carboxylic acids is 2. The lowest BCUT2D eigenvalue weighted by molar-refractivity contribution is -0.368. The summed E-state index contributed by atoms with van der Waals surface area (Å²) in [4.78, 5) is 24.0. The zero-order valence-corrected chi connectivity index (χ0v) is 11.8. The van der Waals surface area contributed by atoms with Crippen molar-refractivity contribution in [2.45, 2.75) is 26.2 Å². The highest BCUT2D eigenvalue weighted by Crippen LogP contribution is 2.37. The Bertz CT molecular complexity index is 493. The summed E-state index contributed by atoms with van der Waals surface area (Å²) < 4.78 is 1.03. The molecule has 0 radical (unpaired) electrons. The second-order valence-corrected chi connectivity index (χ2v) is 4.84. The third kappa shape index (κ3) is 2.50. The molecule has 2 amide bonds. The first-order valence-corrected chi connectivity index (χ1v) is 6.31. The molecule has 3 unspecified atom stereocenters. The average molecular weight is 259 g/mol. The first kappa shape index (κ1) is 15.3. The monoisotopic (exact) mass is 259 g/mol. The molecule has 102 valence electrons. The largest absolute Gasteiger partial charge is 0.399 e. The average Bonchev–Trinajstić information content (AvgIpc) is 2.59. The molecule has 0 aliphatic carbocycles. The predicted molar refractivity (Wildman–Crippen MR) is 75.9 cm³/mol. The molecule has 1 heterocycles. The fourth-order valence-corrected chi connectivity index (χ4v) is 2.82. The fraction of sp³-hybridized carbons (Fsp3) is 0.375. The van der Waals surface area contributed by atoms with E-state index in [1.54, 1.807) is 0 Å². The van der Waals surface area contributed by atoms with Gasteiger partial charge in [-0.3, -0.25) is 0 Å². The molecule has 1 fully saturated rings. The molecule has 1 saturated heterocycles. The van der Waals surface area contributed by atoms with Crippen LogP contribution in [-0.4, -0.2) is 23.1 Å². The van der Waals surface area contributed by atoms with E-state index in [0.29, 0.717) is 0 Å². The van der Waals surface area contributed by atoms with Crippen LogP contribution in [0.4, 0.5) is 0 Å². The van der Waals surface area contributed by atoms with Crippen LogP contribution in [0.2, 0.25) is 0 Å². The van der Waals surface area contributed by atoms with E-state index in [2.05, 4.69) is 6.72 Å². The van der Waals surface area contributed by atoms with Crippen LogP contribution in [0.3, 0.4) is 0 Å². The maximum Gasteiger partial charge on any atom is 0.399 e. The van der Waals surface area contributed by atoms with E-state index in [1.165, 1.54) is 0 Å². The Balaban J connectivity index is 0.00000180. The Morgan fingerprint density at radius 3 is 2.21 bits per heavy atom. The molecule has 2 rings (SSSR count). The lowest BCUT2D eigenvalue weighted by Crippen LogP contribution is -2.24. The minimum Gasteiger partial charge on any atom is -0.358 e. The molecule has 1 aliphatic rings. The summed E-state index contributed by atoms with van der Waals surface area (Å²) in [6.45, 7) is 7.42. The molecule has 0 saturated carbocycles. The highest BCUT2D eigenvalue weighted by atomic mass is 16.2. The normalized spacial score (nSPS) is 24.2. The Morgan fingerprint density at radius 2 is 1.79 bits per heavy atom. The highest BCUT2D eigenvalue weighted by molar-refractivity contribution is 5.95. The molecule has 1 aromatic rings. The van der Waals surface area contributed by atoms with Gasteiger partial charge in [0.2, 0.25) is 0 Å². The van der Waals surface area contributed by atoms with Crippen LogP contribution >= 0.6 is 0 Å². The molecule has 3 atom stereocenters. The van der Waals surface area contributed by atoms with Crippen molar-refractivity contribution in [3.05, 3.63) is 43.3 Å². The topological polar surface area (TPSA) is 37.1 Å². The van der Waals surface area contributed by atoms with Crippen molar-refractivity contribution >= 4 is 18.5 Å². The van der Waals surface area contributed by atoms with Gasteiger partial charge in [-0.25, -0.2) is 9.59 Å². The number of carbonyl (C=O) groups is 2. The first-order valence-electron chi connectivity index (χ1n) is 6.31. The van der Waals surface area contributed by atoms with Gasteiger partial charge in [0.15, 0.2) is 0 Å². The third-order valence-electron chi connectivity index (χ3n) is 3.85. The van der Waals surface area contributed by atoms with Crippen molar-refractivity contribution in [2.24, 2.45) is 11.8 Å². The van der Waals surface area contributed by atoms with Gasteiger partial charge in [-0.15, -0.1) is 4.58 Å². The summed E-state index contributed by atoms with van der Waals surface area (Å²) in [5.41, 5.74) is 1.12. The van der Waals surface area contributed by atoms with Gasteiger partial charge in [-0.05, 0) is 18.9 Å². The summed E-state index contributed by atoms with van der Waals surface area (Å²) in [7, 11) is 0. The zero-order valence-electron chi connectivity index (χ0n) is 11.8. The summed E-state index contributed by atoms with van der Waals surface area (Å²) in [6, 6.07) is 9.92. The van der Waals surface area contributed by atoms with Gasteiger partial charge >= 0.3 is 11.8 Å². The van der Waals surface area contributed by atoms with Crippen LogP contribution in [0, 0.1) is 19.3 Å². The zero-order chi connectivity index (χ0) is 13.3. The lowest BCUT2D eigenvalue weighted by Gasteiger charge is -2.20. The Kier molecular flexibility index (Phi) is 4.76. The maximum absolute atomic E-state index is 12.1. The molecule has 19 heavy (non-hydrogen) atoms. The molecule has 0 bridgehead atoms. The molecule has 0 aromatic heterocycles. The minimum absolute atomic E-state index is 0. The summed E-state index contributed by atoms with van der Waals surface area (Å²) in [5, 5.41) is 0. The number of imide groups is 1. The van der Waals surface area contributed by atoms with Gasteiger partial charge < -0.3 is 7.43 Å². The van der Waals surface area contributed by atoms with E-state index in [9.17, 15) is 9.59 Å². The Morgan fingerprint density at radius 1 is 1.21 bits per heavy atom. The van der Waals surface area contributed by atoms with Gasteiger partial charge in [-0.1, -0.05) is 37.3 Å². The van der Waals surface area contributed by atoms with Gasteiger partial charge in [-0.2, -0.15) is 0 Å². The molecular formula is C16H21NO2. The van der Waals surface area contributed by atoms with Gasteiger partial charge in [0.05, 0.1) is 5.92 Å². The third-order valence-corrected chi connectivity index (χ3v) is 3.85. The smallest absolute Gasteiger partial charge is 0.358 e. The van der Waals surface area contributed by atoms with Crippen LogP contribution in [0.25, 0.3) is 0 Å². The molecule has 3 nitrogen and oxygen atoms in total. The highest BCUT2D eigenvalue weighted by Gasteiger charge is 2.53. The quantitative estimate of drug-likeness (QED) is 0.475. The molecule has 1 aromatic carbocycles. The van der Waals surface area contributed by atoms with E-state index in [-0.39, 0.29) is 37.0 Å². The molecular weight excluding hydrogens is 238 g/mol. The Hall–Kier alpha value is -1.77. The number of nitrogens with zero attached hydrogens (tertiary/aromatic N) is 1. The van der Waals surface area contributed by atoms with Crippen molar-refractivity contribution in [1.82, 2.24) is 0 Å². The summed E-state index contributed by atoms with van der Waals surface area (Å²) in [6.07, 6.45) is 0.839. The number of benzene rings is 1. The predicted octanol–water partition coefficient (Wildman–Crippen LogP) is 2.66. The fourth-order valence-electron chi connectivity index (χ4n) is 2.82. The molecule has 1 aliphatic heterocycles. The SMILES string of the molecule is C=[N+]1C(=O)C(C)C(C(CC)c2ccccc2)C1=O.[CH3-]. The number of amides is 2. The molecule has 3 heteroatoms. The van der Waals surface area contributed by atoms with Crippen molar-refractivity contribution in [1.29, 1.82) is 0 Å². The molecule has 0 spiro atoms.